The van der Waals surface area contributed by atoms with Crippen LogP contribution in [-0.2, 0) is 20.9 Å². The lowest BCUT2D eigenvalue weighted by atomic mass is 10.1. The van der Waals surface area contributed by atoms with Crippen LogP contribution in [0.25, 0.3) is 0 Å². The Morgan fingerprint density at radius 1 is 1.00 bits per heavy atom. The SMILES string of the molecule is CC(C)(C)OC(=O)NCCCC(NC(=O)OCc1ccccc1)C(=O)Oc1ccc([N+](=O)[O-])cc1. The molecule has 188 valence electrons. The summed E-state index contributed by atoms with van der Waals surface area (Å²) in [5, 5.41) is 15.9. The molecule has 0 heterocycles. The maximum absolute atomic E-state index is 12.7. The van der Waals surface area contributed by atoms with Crippen LogP contribution in [0.5, 0.6) is 5.75 Å². The van der Waals surface area contributed by atoms with Crippen LogP contribution in [-0.4, -0.2) is 41.3 Å². The first-order valence-electron chi connectivity index (χ1n) is 10.9. The minimum Gasteiger partial charge on any atom is -0.445 e. The number of ether oxygens (including phenoxy) is 3. The van der Waals surface area contributed by atoms with Crippen molar-refractivity contribution in [3.05, 3.63) is 70.3 Å². The molecular formula is C24H29N3O8. The molecule has 0 aliphatic rings. The van der Waals surface area contributed by atoms with Gasteiger partial charge in [-0.25, -0.2) is 14.4 Å². The number of hydrogen-bond acceptors (Lipinski definition) is 8. The van der Waals surface area contributed by atoms with Gasteiger partial charge in [0.25, 0.3) is 5.69 Å². The third kappa shape index (κ3) is 10.5. The molecule has 0 aromatic heterocycles. The number of hydrogen-bond donors (Lipinski definition) is 2. The number of nitro groups is 1. The van der Waals surface area contributed by atoms with E-state index in [-0.39, 0.29) is 31.0 Å². The Kier molecular flexibility index (Phi) is 10.0. The molecule has 2 aromatic rings. The minimum absolute atomic E-state index is 0.0109. The van der Waals surface area contributed by atoms with Gasteiger partial charge in [0.05, 0.1) is 4.92 Å². The number of non-ortho nitro benzene ring substituents is 1. The Hall–Kier alpha value is -4.15. The van der Waals surface area contributed by atoms with E-state index in [0.29, 0.717) is 6.42 Å². The number of rotatable bonds is 10. The second-order valence-corrected chi connectivity index (χ2v) is 8.50. The molecular weight excluding hydrogens is 458 g/mol. The fourth-order valence-electron chi connectivity index (χ4n) is 2.79. The number of esters is 1. The van der Waals surface area contributed by atoms with Gasteiger partial charge >= 0.3 is 18.2 Å². The molecule has 0 fully saturated rings. The van der Waals surface area contributed by atoms with Gasteiger partial charge in [-0.15, -0.1) is 0 Å². The smallest absolute Gasteiger partial charge is 0.408 e. The van der Waals surface area contributed by atoms with Crippen molar-refractivity contribution in [3.8, 4) is 5.75 Å². The second-order valence-electron chi connectivity index (χ2n) is 8.50. The van der Waals surface area contributed by atoms with Crippen LogP contribution < -0.4 is 15.4 Å². The van der Waals surface area contributed by atoms with Crippen LogP contribution in [0.4, 0.5) is 15.3 Å². The van der Waals surface area contributed by atoms with Gasteiger partial charge in [-0.2, -0.15) is 0 Å². The zero-order chi connectivity index (χ0) is 25.8. The summed E-state index contributed by atoms with van der Waals surface area (Å²) >= 11 is 0. The lowest BCUT2D eigenvalue weighted by Gasteiger charge is -2.20. The predicted octanol–water partition coefficient (Wildman–Crippen LogP) is 4.10. The Morgan fingerprint density at radius 2 is 1.66 bits per heavy atom. The molecule has 1 unspecified atom stereocenters. The first kappa shape index (κ1) is 27.1. The van der Waals surface area contributed by atoms with Gasteiger partial charge in [0.2, 0.25) is 0 Å². The summed E-state index contributed by atoms with van der Waals surface area (Å²) in [4.78, 5) is 47.0. The summed E-state index contributed by atoms with van der Waals surface area (Å²) in [6.45, 7) is 5.42. The highest BCUT2D eigenvalue weighted by molar-refractivity contribution is 5.83. The van der Waals surface area contributed by atoms with Crippen molar-refractivity contribution in [2.45, 2.75) is 51.9 Å². The van der Waals surface area contributed by atoms with E-state index in [1.807, 2.05) is 6.07 Å². The third-order valence-electron chi connectivity index (χ3n) is 4.39. The van der Waals surface area contributed by atoms with Crippen LogP contribution in [0.15, 0.2) is 54.6 Å². The molecule has 0 aliphatic carbocycles. The second kappa shape index (κ2) is 12.9. The zero-order valence-corrected chi connectivity index (χ0v) is 19.8. The first-order valence-corrected chi connectivity index (χ1v) is 10.9. The number of carbonyl (C=O) groups excluding carboxylic acids is 3. The summed E-state index contributed by atoms with van der Waals surface area (Å²) in [5.41, 5.74) is -0.0305. The molecule has 1 atom stereocenters. The summed E-state index contributed by atoms with van der Waals surface area (Å²) in [6.07, 6.45) is -0.974. The largest absolute Gasteiger partial charge is 0.445 e. The van der Waals surface area contributed by atoms with E-state index in [1.165, 1.54) is 24.3 Å². The van der Waals surface area contributed by atoms with Gasteiger partial charge in [-0.05, 0) is 51.3 Å². The monoisotopic (exact) mass is 487 g/mol. The molecule has 35 heavy (non-hydrogen) atoms. The van der Waals surface area contributed by atoms with Gasteiger partial charge in [-0.1, -0.05) is 30.3 Å². The predicted molar refractivity (Wildman–Crippen MR) is 126 cm³/mol. The molecule has 11 nitrogen and oxygen atoms in total. The van der Waals surface area contributed by atoms with Gasteiger partial charge in [0.1, 0.15) is 24.0 Å². The maximum atomic E-state index is 12.7. The lowest BCUT2D eigenvalue weighted by molar-refractivity contribution is -0.384. The summed E-state index contributed by atoms with van der Waals surface area (Å²) in [5.74, 6) is -0.704. The van der Waals surface area contributed by atoms with Crippen molar-refractivity contribution >= 4 is 23.8 Å². The third-order valence-corrected chi connectivity index (χ3v) is 4.39. The van der Waals surface area contributed by atoms with Crippen LogP contribution in [0.2, 0.25) is 0 Å². The van der Waals surface area contributed by atoms with E-state index < -0.39 is 34.7 Å². The molecule has 2 aromatic carbocycles. The molecule has 2 rings (SSSR count). The Labute approximate surface area is 202 Å². The Bertz CT molecular complexity index is 1000. The number of benzene rings is 2. The van der Waals surface area contributed by atoms with Gasteiger partial charge < -0.3 is 24.8 Å². The fraction of sp³-hybridized carbons (Fsp3) is 0.375. The molecule has 0 saturated carbocycles. The van der Waals surface area contributed by atoms with Crippen molar-refractivity contribution in [3.63, 3.8) is 0 Å². The first-order chi connectivity index (χ1) is 16.5. The number of nitro benzene ring substituents is 1. The molecule has 0 radical (unpaired) electrons. The zero-order valence-electron chi connectivity index (χ0n) is 19.8. The average Bonchev–Trinajstić information content (AvgIpc) is 2.79. The van der Waals surface area contributed by atoms with E-state index in [1.54, 1.807) is 45.0 Å². The molecule has 2 N–H and O–H groups in total. The highest BCUT2D eigenvalue weighted by Gasteiger charge is 2.24. The highest BCUT2D eigenvalue weighted by Crippen LogP contribution is 2.18. The van der Waals surface area contributed by atoms with Crippen LogP contribution in [0.3, 0.4) is 0 Å². The molecule has 0 saturated heterocycles. The van der Waals surface area contributed by atoms with Gasteiger partial charge in [-0.3, -0.25) is 10.1 Å². The van der Waals surface area contributed by atoms with Gasteiger partial charge in [0.15, 0.2) is 0 Å². The standard InChI is InChI=1S/C24H29N3O8/c1-24(2,3)35-22(29)25-15-7-10-20(26-23(30)33-16-17-8-5-4-6-9-17)21(28)34-19-13-11-18(12-14-19)27(31)32/h4-6,8-9,11-14,20H,7,10,15-16H2,1-3H3,(H,25,29)(H,26,30). The number of carbonyl (C=O) groups is 3. The topological polar surface area (TPSA) is 146 Å². The van der Waals surface area contributed by atoms with Crippen molar-refractivity contribution in [1.82, 2.24) is 10.6 Å². The Balaban J connectivity index is 1.95. The number of nitrogens with zero attached hydrogens (tertiary/aromatic N) is 1. The van der Waals surface area contributed by atoms with Crippen molar-refractivity contribution < 1.29 is 33.5 Å². The van der Waals surface area contributed by atoms with E-state index in [2.05, 4.69) is 10.6 Å². The van der Waals surface area contributed by atoms with Crippen molar-refractivity contribution in [2.75, 3.05) is 6.54 Å². The molecule has 11 heteroatoms. The lowest BCUT2D eigenvalue weighted by Crippen LogP contribution is -2.43. The quantitative estimate of drug-likeness (QED) is 0.167. The Morgan fingerprint density at radius 3 is 2.26 bits per heavy atom. The molecule has 0 aliphatic heterocycles. The normalized spacial score (nSPS) is 11.6. The van der Waals surface area contributed by atoms with Crippen molar-refractivity contribution in [2.24, 2.45) is 0 Å². The van der Waals surface area contributed by atoms with E-state index in [4.69, 9.17) is 14.2 Å². The van der Waals surface area contributed by atoms with E-state index in [9.17, 15) is 24.5 Å². The van der Waals surface area contributed by atoms with Crippen LogP contribution in [0.1, 0.15) is 39.2 Å². The maximum Gasteiger partial charge on any atom is 0.408 e. The van der Waals surface area contributed by atoms with Crippen LogP contribution in [0, 0.1) is 10.1 Å². The molecule has 0 spiro atoms. The summed E-state index contributed by atoms with van der Waals surface area (Å²) in [6, 6.07) is 12.9. The van der Waals surface area contributed by atoms with E-state index >= 15 is 0 Å². The number of amides is 2. The van der Waals surface area contributed by atoms with Gasteiger partial charge in [0, 0.05) is 18.7 Å². The molecule has 0 bridgehead atoms. The highest BCUT2D eigenvalue weighted by atomic mass is 16.6. The minimum atomic E-state index is -1.09. The summed E-state index contributed by atoms with van der Waals surface area (Å²) in [7, 11) is 0. The number of nitrogens with one attached hydrogen (secondary N) is 2. The summed E-state index contributed by atoms with van der Waals surface area (Å²) < 4.78 is 15.6. The number of alkyl carbamates (subject to hydrolysis) is 2. The fourth-order valence-corrected chi connectivity index (χ4v) is 2.79. The average molecular weight is 488 g/mol. The molecule has 2 amide bonds. The van der Waals surface area contributed by atoms with Crippen LogP contribution >= 0.6 is 0 Å². The van der Waals surface area contributed by atoms with E-state index in [0.717, 1.165) is 5.56 Å². The van der Waals surface area contributed by atoms with Crippen molar-refractivity contribution in [1.29, 1.82) is 0 Å².